The Morgan fingerprint density at radius 2 is 1.90 bits per heavy atom. The number of nitrogens with zero attached hydrogens (tertiary/aromatic N) is 2. The molecule has 0 spiro atoms. The van der Waals surface area contributed by atoms with Gasteiger partial charge in [0.2, 0.25) is 0 Å². The molecule has 0 aliphatic rings. The van der Waals surface area contributed by atoms with E-state index in [1.54, 1.807) is 29.7 Å². The van der Waals surface area contributed by atoms with E-state index in [4.69, 9.17) is 21.1 Å². The highest BCUT2D eigenvalue weighted by Gasteiger charge is 2.16. The number of methoxy groups -OCH3 is 2. The molecule has 1 N–H and O–H groups in total. The summed E-state index contributed by atoms with van der Waals surface area (Å²) in [6, 6.07) is 10.8. The first kappa shape index (κ1) is 19.3. The van der Waals surface area contributed by atoms with Gasteiger partial charge in [-0.1, -0.05) is 22.9 Å². The SMILES string of the molecule is COc1ccc(-c2nc3s/c(=C\c4cc(Cl)c(O)c(OC)c4)c(=O)n3c2C)cc1. The fraction of sp³-hybridized carbons (Fsp3) is 0.143. The molecule has 0 unspecified atom stereocenters. The van der Waals surface area contributed by atoms with Crippen molar-refractivity contribution in [3.8, 4) is 28.5 Å². The molecule has 2 aromatic carbocycles. The lowest BCUT2D eigenvalue weighted by atomic mass is 10.1. The minimum Gasteiger partial charge on any atom is -0.503 e. The Balaban J connectivity index is 1.83. The van der Waals surface area contributed by atoms with Gasteiger partial charge in [-0.3, -0.25) is 9.20 Å². The highest BCUT2D eigenvalue weighted by atomic mass is 35.5. The summed E-state index contributed by atoms with van der Waals surface area (Å²) in [5.41, 5.74) is 2.95. The fourth-order valence-electron chi connectivity index (χ4n) is 3.13. The van der Waals surface area contributed by atoms with E-state index < -0.39 is 0 Å². The maximum atomic E-state index is 13.0. The third kappa shape index (κ3) is 3.32. The Bertz CT molecular complexity index is 1330. The number of phenolic OH excluding ortho intramolecular Hbond substituents is 1. The van der Waals surface area contributed by atoms with Gasteiger partial charge in [0.05, 0.1) is 35.2 Å². The van der Waals surface area contributed by atoms with Crippen molar-refractivity contribution in [2.75, 3.05) is 14.2 Å². The molecule has 0 saturated heterocycles. The third-order valence-corrected chi connectivity index (χ3v) is 5.88. The number of aromatic nitrogens is 2. The monoisotopic (exact) mass is 428 g/mol. The Morgan fingerprint density at radius 1 is 1.17 bits per heavy atom. The van der Waals surface area contributed by atoms with Gasteiger partial charge in [-0.05, 0) is 55.0 Å². The molecule has 8 heteroatoms. The molecule has 4 aromatic rings. The second kappa shape index (κ2) is 7.42. The van der Waals surface area contributed by atoms with E-state index in [1.807, 2.05) is 31.2 Å². The van der Waals surface area contributed by atoms with Crippen LogP contribution in [0.2, 0.25) is 5.02 Å². The number of aromatic hydroxyl groups is 1. The van der Waals surface area contributed by atoms with Crippen LogP contribution in [0.1, 0.15) is 11.3 Å². The minimum atomic E-state index is -0.155. The predicted molar refractivity (Wildman–Crippen MR) is 115 cm³/mol. The largest absolute Gasteiger partial charge is 0.503 e. The zero-order valence-corrected chi connectivity index (χ0v) is 17.5. The first-order valence-corrected chi connectivity index (χ1v) is 9.87. The molecule has 0 atom stereocenters. The summed E-state index contributed by atoms with van der Waals surface area (Å²) in [7, 11) is 3.06. The highest BCUT2D eigenvalue weighted by Crippen LogP contribution is 2.35. The van der Waals surface area contributed by atoms with Gasteiger partial charge in [-0.15, -0.1) is 0 Å². The normalized spacial score (nSPS) is 11.9. The van der Waals surface area contributed by atoms with Crippen molar-refractivity contribution in [2.45, 2.75) is 6.92 Å². The van der Waals surface area contributed by atoms with E-state index in [2.05, 4.69) is 4.98 Å². The van der Waals surface area contributed by atoms with Crippen LogP contribution >= 0.6 is 22.9 Å². The van der Waals surface area contributed by atoms with Gasteiger partial charge in [0.1, 0.15) is 5.75 Å². The number of phenols is 1. The quantitative estimate of drug-likeness (QED) is 0.537. The fourth-order valence-corrected chi connectivity index (χ4v) is 4.37. The van der Waals surface area contributed by atoms with Crippen LogP contribution in [0.4, 0.5) is 0 Å². The van der Waals surface area contributed by atoms with Crippen LogP contribution in [0, 0.1) is 6.92 Å². The van der Waals surface area contributed by atoms with Crippen molar-refractivity contribution in [2.24, 2.45) is 0 Å². The Morgan fingerprint density at radius 3 is 2.52 bits per heavy atom. The molecule has 0 bridgehead atoms. The van der Waals surface area contributed by atoms with Gasteiger partial charge >= 0.3 is 0 Å². The third-order valence-electron chi connectivity index (χ3n) is 4.62. The number of hydrogen-bond donors (Lipinski definition) is 1. The van der Waals surface area contributed by atoms with Crippen LogP contribution in [0.15, 0.2) is 41.2 Å². The Labute approximate surface area is 175 Å². The Hall–Kier alpha value is -3.03. The number of halogens is 1. The van der Waals surface area contributed by atoms with Gasteiger partial charge in [0.25, 0.3) is 5.56 Å². The maximum Gasteiger partial charge on any atom is 0.274 e. The Kier molecular flexibility index (Phi) is 4.94. The van der Waals surface area contributed by atoms with Crippen LogP contribution < -0.4 is 19.6 Å². The molecule has 2 aromatic heterocycles. The lowest BCUT2D eigenvalue weighted by Crippen LogP contribution is -2.23. The second-order valence-electron chi connectivity index (χ2n) is 6.36. The molecule has 29 heavy (non-hydrogen) atoms. The summed E-state index contributed by atoms with van der Waals surface area (Å²) in [6.07, 6.45) is 1.71. The smallest absolute Gasteiger partial charge is 0.274 e. The van der Waals surface area contributed by atoms with Crippen molar-refractivity contribution < 1.29 is 14.6 Å². The number of fused-ring (bicyclic) bond motifs is 1. The van der Waals surface area contributed by atoms with E-state index in [0.717, 1.165) is 22.7 Å². The van der Waals surface area contributed by atoms with Crippen molar-refractivity contribution in [1.82, 2.24) is 9.38 Å². The zero-order chi connectivity index (χ0) is 20.7. The van der Waals surface area contributed by atoms with Crippen LogP contribution in [0.5, 0.6) is 17.2 Å². The molecule has 0 amide bonds. The molecule has 0 radical (unpaired) electrons. The number of ether oxygens (including phenoxy) is 2. The zero-order valence-electron chi connectivity index (χ0n) is 15.9. The standard InChI is InChI=1S/C21H17ClN2O4S/c1-11-18(13-4-6-14(27-2)7-5-13)23-21-24(11)20(26)17(29-21)10-12-8-15(22)19(25)16(9-12)28-3/h4-10,25H,1-3H3/b17-10-. The summed E-state index contributed by atoms with van der Waals surface area (Å²) < 4.78 is 12.4. The summed E-state index contributed by atoms with van der Waals surface area (Å²) in [4.78, 5) is 18.2. The number of rotatable bonds is 4. The molecular weight excluding hydrogens is 412 g/mol. The molecule has 148 valence electrons. The number of hydrogen-bond acceptors (Lipinski definition) is 6. The average Bonchev–Trinajstić information content (AvgIpc) is 3.21. The molecular formula is C21H17ClN2O4S. The van der Waals surface area contributed by atoms with E-state index in [-0.39, 0.29) is 22.1 Å². The van der Waals surface area contributed by atoms with Crippen LogP contribution in [-0.2, 0) is 0 Å². The van der Waals surface area contributed by atoms with Crippen LogP contribution in [-0.4, -0.2) is 28.7 Å². The summed E-state index contributed by atoms with van der Waals surface area (Å²) >= 11 is 7.34. The van der Waals surface area contributed by atoms with E-state index in [9.17, 15) is 9.90 Å². The van der Waals surface area contributed by atoms with Crippen molar-refractivity contribution in [3.63, 3.8) is 0 Å². The first-order valence-electron chi connectivity index (χ1n) is 8.67. The molecule has 2 heterocycles. The van der Waals surface area contributed by atoms with Gasteiger partial charge in [-0.2, -0.15) is 0 Å². The number of benzene rings is 2. The average molecular weight is 429 g/mol. The minimum absolute atomic E-state index is 0.130. The molecule has 4 rings (SSSR count). The predicted octanol–water partition coefficient (Wildman–Crippen LogP) is 3.66. The van der Waals surface area contributed by atoms with Crippen molar-refractivity contribution in [1.29, 1.82) is 0 Å². The van der Waals surface area contributed by atoms with Crippen molar-refractivity contribution >= 4 is 34.0 Å². The molecule has 0 saturated carbocycles. The first-order chi connectivity index (χ1) is 13.9. The highest BCUT2D eigenvalue weighted by molar-refractivity contribution is 7.15. The van der Waals surface area contributed by atoms with Crippen LogP contribution in [0.25, 0.3) is 22.3 Å². The maximum absolute atomic E-state index is 13.0. The van der Waals surface area contributed by atoms with Gasteiger partial charge in [0.15, 0.2) is 16.5 Å². The lowest BCUT2D eigenvalue weighted by molar-refractivity contribution is 0.373. The molecule has 0 fully saturated rings. The van der Waals surface area contributed by atoms with E-state index in [1.165, 1.54) is 18.4 Å². The van der Waals surface area contributed by atoms with Gasteiger partial charge < -0.3 is 14.6 Å². The summed E-state index contributed by atoms with van der Waals surface area (Å²) in [5, 5.41) is 10.0. The second-order valence-corrected chi connectivity index (χ2v) is 7.78. The number of imidazole rings is 1. The summed E-state index contributed by atoms with van der Waals surface area (Å²) in [5.74, 6) is 0.877. The molecule has 0 aliphatic carbocycles. The number of aryl methyl sites for hydroxylation is 1. The molecule has 0 aliphatic heterocycles. The number of thiazole rings is 1. The topological polar surface area (TPSA) is 73.1 Å². The lowest BCUT2D eigenvalue weighted by Gasteiger charge is -2.05. The van der Waals surface area contributed by atoms with E-state index >= 15 is 0 Å². The van der Waals surface area contributed by atoms with Crippen LogP contribution in [0.3, 0.4) is 0 Å². The summed E-state index contributed by atoms with van der Waals surface area (Å²) in [6.45, 7) is 1.87. The van der Waals surface area contributed by atoms with Crippen molar-refractivity contribution in [3.05, 3.63) is 67.6 Å². The van der Waals surface area contributed by atoms with E-state index in [0.29, 0.717) is 15.1 Å². The van der Waals surface area contributed by atoms with Gasteiger partial charge in [-0.25, -0.2) is 4.98 Å². The van der Waals surface area contributed by atoms with Gasteiger partial charge in [0, 0.05) is 5.56 Å². The molecule has 6 nitrogen and oxygen atoms in total.